The van der Waals surface area contributed by atoms with Gasteiger partial charge in [-0.15, -0.1) is 0 Å². The van der Waals surface area contributed by atoms with E-state index in [1.54, 1.807) is 25.2 Å². The van der Waals surface area contributed by atoms with E-state index >= 15 is 0 Å². The molecule has 0 spiro atoms. The smallest absolute Gasteiger partial charge is 0.367 e. The van der Waals surface area contributed by atoms with Gasteiger partial charge in [0, 0.05) is 70.4 Å². The van der Waals surface area contributed by atoms with Crippen LogP contribution in [0.3, 0.4) is 0 Å². The zero-order valence-electron chi connectivity index (χ0n) is 22.1. The van der Waals surface area contributed by atoms with Crippen molar-refractivity contribution < 1.29 is 22.8 Å². The minimum atomic E-state index is -4.61. The first-order chi connectivity index (χ1) is 18.5. The van der Waals surface area contributed by atoms with E-state index in [9.17, 15) is 22.8 Å². The van der Waals surface area contributed by atoms with E-state index in [1.165, 1.54) is 11.8 Å². The number of alkyl halides is 3. The van der Waals surface area contributed by atoms with Crippen molar-refractivity contribution >= 4 is 40.6 Å². The molecule has 8 nitrogen and oxygen atoms in total. The molecular weight excluding hydrogens is 533 g/mol. The van der Waals surface area contributed by atoms with Crippen molar-refractivity contribution in [2.45, 2.75) is 38.5 Å². The molecule has 39 heavy (non-hydrogen) atoms. The number of nitrogens with one attached hydrogen (secondary N) is 1. The van der Waals surface area contributed by atoms with Crippen LogP contribution in [-0.2, 0) is 15.8 Å². The number of carbonyl (C=O) groups excluding carboxylic acids is 2. The molecule has 0 saturated carbocycles. The summed E-state index contributed by atoms with van der Waals surface area (Å²) in [5.74, 6) is -1.43. The molecule has 210 valence electrons. The lowest BCUT2D eigenvalue weighted by Gasteiger charge is -2.41. The number of para-hydroxylation sites is 1. The van der Waals surface area contributed by atoms with Gasteiger partial charge in [-0.25, -0.2) is 4.98 Å². The first kappa shape index (κ1) is 27.7. The van der Waals surface area contributed by atoms with Gasteiger partial charge in [-0.1, -0.05) is 17.7 Å². The number of likely N-dealkylation sites (N-methyl/N-ethyl adjacent to an activating group) is 1. The number of nitrogens with zero attached hydrogens (tertiary/aromatic N) is 5. The number of anilines is 3. The van der Waals surface area contributed by atoms with E-state index in [4.69, 9.17) is 11.6 Å². The molecule has 0 aliphatic carbocycles. The van der Waals surface area contributed by atoms with Crippen molar-refractivity contribution in [3.05, 3.63) is 46.6 Å². The SMILES string of the molecule is Cc1cc(C(F)(F)F)cc(N2C(=O)C[C@@H]3CN(CCN4CCNC[C@@H]4C)c4c(Cl)cccc4N(C)C(=O)[C@H]32)n1. The zero-order chi connectivity index (χ0) is 28.1. The highest BCUT2D eigenvalue weighted by Gasteiger charge is 2.49. The van der Waals surface area contributed by atoms with Gasteiger partial charge >= 0.3 is 6.18 Å². The second kappa shape index (κ2) is 10.6. The highest BCUT2D eigenvalue weighted by atomic mass is 35.5. The third kappa shape index (κ3) is 5.31. The number of hydrogen-bond donors (Lipinski definition) is 1. The first-order valence-corrected chi connectivity index (χ1v) is 13.5. The minimum absolute atomic E-state index is 0.0154. The molecule has 2 fully saturated rings. The Balaban J connectivity index is 1.53. The molecule has 1 aromatic heterocycles. The van der Waals surface area contributed by atoms with E-state index in [-0.39, 0.29) is 23.8 Å². The Kier molecular flexibility index (Phi) is 7.51. The van der Waals surface area contributed by atoms with Gasteiger partial charge in [0.15, 0.2) is 0 Å². The third-order valence-electron chi connectivity index (χ3n) is 7.92. The maximum Gasteiger partial charge on any atom is 0.416 e. The Labute approximate surface area is 230 Å². The average molecular weight is 565 g/mol. The number of hydrogen-bond acceptors (Lipinski definition) is 6. The molecule has 3 aliphatic heterocycles. The number of piperazine rings is 1. The molecule has 0 radical (unpaired) electrons. The van der Waals surface area contributed by atoms with Gasteiger partial charge in [-0.05, 0) is 38.1 Å². The Bertz CT molecular complexity index is 1270. The number of halogens is 4. The second-order valence-corrected chi connectivity index (χ2v) is 11.0. The van der Waals surface area contributed by atoms with Crippen molar-refractivity contribution in [2.75, 3.05) is 61.0 Å². The lowest BCUT2D eigenvalue weighted by Crippen LogP contribution is -2.54. The van der Waals surface area contributed by atoms with Crippen LogP contribution >= 0.6 is 11.6 Å². The number of pyridine rings is 1. The highest BCUT2D eigenvalue weighted by Crippen LogP contribution is 2.42. The molecule has 2 amide bonds. The quantitative estimate of drug-likeness (QED) is 0.612. The van der Waals surface area contributed by atoms with E-state index in [0.29, 0.717) is 29.8 Å². The Morgan fingerprint density at radius 2 is 1.95 bits per heavy atom. The molecule has 2 saturated heterocycles. The van der Waals surface area contributed by atoms with E-state index in [2.05, 4.69) is 27.0 Å². The van der Waals surface area contributed by atoms with Crippen LogP contribution in [0.1, 0.15) is 24.6 Å². The number of rotatable bonds is 4. The standard InChI is InChI=1S/C27H32ClF3N6O2/c1-16-11-19(27(29,30)31)13-22(33-16)37-23(38)12-18-15-36(10-9-35-8-7-32-14-17(35)2)25-20(28)5-4-6-21(25)34(3)26(39)24(18)37/h4-6,11,13,17-18,24,32H,7-10,12,14-15H2,1-3H3/t17-,18+,24-/m0/s1. The van der Waals surface area contributed by atoms with Crippen LogP contribution in [0.5, 0.6) is 0 Å². The Hall–Kier alpha value is -2.89. The highest BCUT2D eigenvalue weighted by molar-refractivity contribution is 6.34. The largest absolute Gasteiger partial charge is 0.416 e. The maximum absolute atomic E-state index is 13.9. The van der Waals surface area contributed by atoms with Gasteiger partial charge in [-0.2, -0.15) is 13.2 Å². The van der Waals surface area contributed by atoms with Crippen molar-refractivity contribution in [1.29, 1.82) is 0 Å². The molecule has 1 N–H and O–H groups in total. The lowest BCUT2D eigenvalue weighted by atomic mass is 9.95. The summed E-state index contributed by atoms with van der Waals surface area (Å²) in [5.41, 5.74) is 0.519. The number of benzene rings is 1. The molecule has 3 atom stereocenters. The molecule has 4 heterocycles. The van der Waals surface area contributed by atoms with Crippen LogP contribution in [0.2, 0.25) is 5.02 Å². The van der Waals surface area contributed by atoms with Gasteiger partial charge in [0.25, 0.3) is 0 Å². The minimum Gasteiger partial charge on any atom is -0.367 e. The van der Waals surface area contributed by atoms with Crippen molar-refractivity contribution in [3.8, 4) is 0 Å². The third-order valence-corrected chi connectivity index (χ3v) is 8.23. The molecule has 3 aliphatic rings. The lowest BCUT2D eigenvalue weighted by molar-refractivity contribution is -0.137. The molecule has 0 bridgehead atoms. The van der Waals surface area contributed by atoms with Crippen molar-refractivity contribution in [3.63, 3.8) is 0 Å². The van der Waals surface area contributed by atoms with Crippen LogP contribution in [0.25, 0.3) is 0 Å². The van der Waals surface area contributed by atoms with Crippen LogP contribution in [0.4, 0.5) is 30.4 Å². The summed E-state index contributed by atoms with van der Waals surface area (Å²) >= 11 is 6.70. The van der Waals surface area contributed by atoms with Gasteiger partial charge < -0.3 is 15.1 Å². The summed E-state index contributed by atoms with van der Waals surface area (Å²) in [6.07, 6.45) is -4.60. The topological polar surface area (TPSA) is 72.0 Å². The normalized spacial score (nSPS) is 24.5. The zero-order valence-corrected chi connectivity index (χ0v) is 22.9. The summed E-state index contributed by atoms with van der Waals surface area (Å²) in [7, 11) is 1.61. The van der Waals surface area contributed by atoms with Crippen molar-refractivity contribution in [2.24, 2.45) is 5.92 Å². The van der Waals surface area contributed by atoms with Crippen LogP contribution < -0.4 is 20.0 Å². The maximum atomic E-state index is 13.9. The second-order valence-electron chi connectivity index (χ2n) is 10.6. The summed E-state index contributed by atoms with van der Waals surface area (Å²) in [6, 6.07) is 6.49. The summed E-state index contributed by atoms with van der Waals surface area (Å²) in [5, 5.41) is 3.88. The average Bonchev–Trinajstić information content (AvgIpc) is 3.20. The number of fused-ring (bicyclic) bond motifs is 2. The Morgan fingerprint density at radius 3 is 2.67 bits per heavy atom. The van der Waals surface area contributed by atoms with Crippen molar-refractivity contribution in [1.82, 2.24) is 15.2 Å². The van der Waals surface area contributed by atoms with E-state index < -0.39 is 29.6 Å². The number of amides is 2. The van der Waals surface area contributed by atoms with Gasteiger partial charge in [0.1, 0.15) is 11.9 Å². The molecule has 2 aromatic rings. The van der Waals surface area contributed by atoms with Crippen LogP contribution in [0, 0.1) is 12.8 Å². The number of aryl methyl sites for hydroxylation is 1. The van der Waals surface area contributed by atoms with Crippen LogP contribution in [-0.4, -0.2) is 80.1 Å². The fourth-order valence-corrected chi connectivity index (χ4v) is 6.22. The summed E-state index contributed by atoms with van der Waals surface area (Å²) in [6.45, 7) is 8.03. The van der Waals surface area contributed by atoms with E-state index in [0.717, 1.165) is 48.9 Å². The van der Waals surface area contributed by atoms with Gasteiger partial charge in [0.2, 0.25) is 11.8 Å². The molecule has 0 unspecified atom stereocenters. The number of carbonyl (C=O) groups is 2. The van der Waals surface area contributed by atoms with Gasteiger partial charge in [0.05, 0.1) is 22.0 Å². The molecule has 1 aromatic carbocycles. The monoisotopic (exact) mass is 564 g/mol. The Morgan fingerprint density at radius 1 is 1.18 bits per heavy atom. The molecular formula is C27H32ClF3N6O2. The van der Waals surface area contributed by atoms with E-state index in [1.807, 2.05) is 0 Å². The molecule has 12 heteroatoms. The fraction of sp³-hybridized carbons (Fsp3) is 0.519. The summed E-state index contributed by atoms with van der Waals surface area (Å²) < 4.78 is 40.8. The summed E-state index contributed by atoms with van der Waals surface area (Å²) in [4.78, 5) is 38.7. The predicted molar refractivity (Wildman–Crippen MR) is 144 cm³/mol. The van der Waals surface area contributed by atoms with Crippen LogP contribution in [0.15, 0.2) is 30.3 Å². The fourth-order valence-electron chi connectivity index (χ4n) is 5.93. The van der Waals surface area contributed by atoms with Gasteiger partial charge in [-0.3, -0.25) is 19.4 Å². The molecule has 5 rings (SSSR count). The first-order valence-electron chi connectivity index (χ1n) is 13.1. The predicted octanol–water partition coefficient (Wildman–Crippen LogP) is 3.56. The number of aromatic nitrogens is 1.